The molecule has 5 heteroatoms. The Morgan fingerprint density at radius 3 is 2.60 bits per heavy atom. The second-order valence-corrected chi connectivity index (χ2v) is 5.00. The zero-order chi connectivity index (χ0) is 14.4. The van der Waals surface area contributed by atoms with E-state index < -0.39 is 11.9 Å². The second kappa shape index (κ2) is 6.93. The first-order valence-corrected chi connectivity index (χ1v) is 6.87. The molecule has 1 aromatic rings. The molecule has 0 aliphatic heterocycles. The lowest BCUT2D eigenvalue weighted by molar-refractivity contribution is -0.144. The predicted octanol–water partition coefficient (Wildman–Crippen LogP) is 1.82. The van der Waals surface area contributed by atoms with Gasteiger partial charge in [-0.25, -0.2) is 0 Å². The number of nitrogens with one attached hydrogen (secondary N) is 1. The number of para-hydroxylation sites is 1. The van der Waals surface area contributed by atoms with Crippen molar-refractivity contribution < 1.29 is 19.4 Å². The summed E-state index contributed by atoms with van der Waals surface area (Å²) in [5.74, 6) is -0.962. The maximum Gasteiger partial charge on any atom is 0.308 e. The molecule has 1 fully saturated rings. The molecule has 1 amide bonds. The maximum absolute atomic E-state index is 11.8. The molecule has 2 N–H and O–H groups in total. The Labute approximate surface area is 117 Å². The van der Waals surface area contributed by atoms with E-state index in [4.69, 9.17) is 9.84 Å². The summed E-state index contributed by atoms with van der Waals surface area (Å²) in [7, 11) is 0. The van der Waals surface area contributed by atoms with Crippen molar-refractivity contribution >= 4 is 11.9 Å². The lowest BCUT2D eigenvalue weighted by Crippen LogP contribution is -2.46. The SMILES string of the molecule is O=C(COc1ccccc1)NC1CCCCC1C(=O)O. The van der Waals surface area contributed by atoms with E-state index in [0.29, 0.717) is 18.6 Å². The standard InChI is InChI=1S/C15H19NO4/c17-14(10-20-11-6-2-1-3-7-11)16-13-9-5-4-8-12(13)15(18)19/h1-3,6-7,12-13H,4-5,8-10H2,(H,16,17)(H,18,19). The monoisotopic (exact) mass is 277 g/mol. The van der Waals surface area contributed by atoms with Crippen molar-refractivity contribution in [3.63, 3.8) is 0 Å². The first-order valence-electron chi connectivity index (χ1n) is 6.87. The molecule has 0 radical (unpaired) electrons. The highest BCUT2D eigenvalue weighted by Crippen LogP contribution is 2.24. The van der Waals surface area contributed by atoms with Crippen LogP contribution in [0.25, 0.3) is 0 Å². The Hall–Kier alpha value is -2.04. The van der Waals surface area contributed by atoms with Crippen LogP contribution in [0.1, 0.15) is 25.7 Å². The molecule has 0 spiro atoms. The number of ether oxygens (including phenoxy) is 1. The molecule has 1 aliphatic rings. The predicted molar refractivity (Wildman–Crippen MR) is 73.5 cm³/mol. The molecule has 0 heterocycles. The fourth-order valence-corrected chi connectivity index (χ4v) is 2.51. The van der Waals surface area contributed by atoms with Gasteiger partial charge in [-0.2, -0.15) is 0 Å². The number of hydrogen-bond acceptors (Lipinski definition) is 3. The van der Waals surface area contributed by atoms with Crippen molar-refractivity contribution in [2.45, 2.75) is 31.7 Å². The van der Waals surface area contributed by atoms with E-state index in [0.717, 1.165) is 12.8 Å². The van der Waals surface area contributed by atoms with Crippen molar-refractivity contribution in [3.05, 3.63) is 30.3 Å². The summed E-state index contributed by atoms with van der Waals surface area (Å²) in [6.45, 7) is -0.0904. The number of rotatable bonds is 5. The van der Waals surface area contributed by atoms with Gasteiger partial charge in [0, 0.05) is 6.04 Å². The first-order chi connectivity index (χ1) is 9.66. The molecule has 20 heavy (non-hydrogen) atoms. The molecule has 108 valence electrons. The third kappa shape index (κ3) is 3.98. The molecule has 0 saturated heterocycles. The van der Waals surface area contributed by atoms with E-state index in [-0.39, 0.29) is 18.6 Å². The average molecular weight is 277 g/mol. The molecule has 2 rings (SSSR count). The van der Waals surface area contributed by atoms with Gasteiger partial charge in [-0.05, 0) is 25.0 Å². The number of hydrogen-bond donors (Lipinski definition) is 2. The first kappa shape index (κ1) is 14.4. The van der Waals surface area contributed by atoms with Crippen LogP contribution in [0.3, 0.4) is 0 Å². The molecule has 2 unspecified atom stereocenters. The van der Waals surface area contributed by atoms with Gasteiger partial charge in [-0.1, -0.05) is 31.0 Å². The maximum atomic E-state index is 11.8. The number of benzene rings is 1. The highest BCUT2D eigenvalue weighted by molar-refractivity contribution is 5.79. The molecule has 2 atom stereocenters. The fraction of sp³-hybridized carbons (Fsp3) is 0.467. The van der Waals surface area contributed by atoms with Crippen LogP contribution >= 0.6 is 0 Å². The van der Waals surface area contributed by atoms with Crippen LogP contribution in [0, 0.1) is 5.92 Å². The minimum absolute atomic E-state index is 0.0904. The van der Waals surface area contributed by atoms with Gasteiger partial charge in [0.2, 0.25) is 0 Å². The Kier molecular flexibility index (Phi) is 4.98. The van der Waals surface area contributed by atoms with Gasteiger partial charge in [0.05, 0.1) is 5.92 Å². The highest BCUT2D eigenvalue weighted by atomic mass is 16.5. The molecule has 1 aromatic carbocycles. The van der Waals surface area contributed by atoms with Crippen molar-refractivity contribution in [2.24, 2.45) is 5.92 Å². The topological polar surface area (TPSA) is 75.6 Å². The number of aliphatic carboxylic acids is 1. The highest BCUT2D eigenvalue weighted by Gasteiger charge is 2.31. The molecule has 0 bridgehead atoms. The molecule has 1 aliphatic carbocycles. The van der Waals surface area contributed by atoms with E-state index >= 15 is 0 Å². The van der Waals surface area contributed by atoms with Crippen LogP contribution in [-0.4, -0.2) is 29.6 Å². The molecular formula is C15H19NO4. The van der Waals surface area contributed by atoms with Crippen LogP contribution in [0.5, 0.6) is 5.75 Å². The average Bonchev–Trinajstić information content (AvgIpc) is 2.46. The Morgan fingerprint density at radius 1 is 1.20 bits per heavy atom. The summed E-state index contributed by atoms with van der Waals surface area (Å²) in [5.41, 5.74) is 0. The summed E-state index contributed by atoms with van der Waals surface area (Å²) >= 11 is 0. The van der Waals surface area contributed by atoms with Crippen LogP contribution in [-0.2, 0) is 9.59 Å². The van der Waals surface area contributed by atoms with Gasteiger partial charge in [-0.15, -0.1) is 0 Å². The third-order valence-electron chi connectivity index (χ3n) is 3.54. The van der Waals surface area contributed by atoms with Gasteiger partial charge in [-0.3, -0.25) is 9.59 Å². The zero-order valence-electron chi connectivity index (χ0n) is 11.2. The van der Waals surface area contributed by atoms with Gasteiger partial charge >= 0.3 is 5.97 Å². The number of carbonyl (C=O) groups is 2. The Bertz CT molecular complexity index is 460. The molecule has 0 aromatic heterocycles. The van der Waals surface area contributed by atoms with Crippen molar-refractivity contribution in [1.29, 1.82) is 0 Å². The van der Waals surface area contributed by atoms with Crippen molar-refractivity contribution in [2.75, 3.05) is 6.61 Å². The van der Waals surface area contributed by atoms with Gasteiger partial charge in [0.15, 0.2) is 6.61 Å². The fourth-order valence-electron chi connectivity index (χ4n) is 2.51. The zero-order valence-corrected chi connectivity index (χ0v) is 11.2. The van der Waals surface area contributed by atoms with E-state index in [1.807, 2.05) is 18.2 Å². The van der Waals surface area contributed by atoms with Gasteiger partial charge < -0.3 is 15.2 Å². The van der Waals surface area contributed by atoms with E-state index in [9.17, 15) is 9.59 Å². The Morgan fingerprint density at radius 2 is 1.90 bits per heavy atom. The van der Waals surface area contributed by atoms with Crippen LogP contribution in [0.4, 0.5) is 0 Å². The van der Waals surface area contributed by atoms with E-state index in [2.05, 4.69) is 5.32 Å². The smallest absolute Gasteiger partial charge is 0.308 e. The summed E-state index contributed by atoms with van der Waals surface area (Å²) in [5, 5.41) is 11.9. The summed E-state index contributed by atoms with van der Waals surface area (Å²) in [4.78, 5) is 23.0. The minimum Gasteiger partial charge on any atom is -0.484 e. The quantitative estimate of drug-likeness (QED) is 0.861. The lowest BCUT2D eigenvalue weighted by Gasteiger charge is -2.29. The number of amides is 1. The van der Waals surface area contributed by atoms with Crippen LogP contribution in [0.15, 0.2) is 30.3 Å². The summed E-state index contributed by atoms with van der Waals surface area (Å²) in [6.07, 6.45) is 3.20. The number of carboxylic acid groups (broad SMARTS) is 1. The molecule has 1 saturated carbocycles. The molecular weight excluding hydrogens is 258 g/mol. The van der Waals surface area contributed by atoms with E-state index in [1.54, 1.807) is 12.1 Å². The molecule has 5 nitrogen and oxygen atoms in total. The van der Waals surface area contributed by atoms with Crippen LogP contribution in [0.2, 0.25) is 0 Å². The Balaban J connectivity index is 1.82. The summed E-state index contributed by atoms with van der Waals surface area (Å²) < 4.78 is 5.35. The van der Waals surface area contributed by atoms with Gasteiger partial charge in [0.1, 0.15) is 5.75 Å². The second-order valence-electron chi connectivity index (χ2n) is 5.00. The normalized spacial score (nSPS) is 22.0. The van der Waals surface area contributed by atoms with Gasteiger partial charge in [0.25, 0.3) is 5.91 Å². The lowest BCUT2D eigenvalue weighted by atomic mass is 9.84. The number of carboxylic acids is 1. The van der Waals surface area contributed by atoms with Crippen molar-refractivity contribution in [3.8, 4) is 5.75 Å². The largest absolute Gasteiger partial charge is 0.484 e. The minimum atomic E-state index is -0.834. The number of carbonyl (C=O) groups excluding carboxylic acids is 1. The summed E-state index contributed by atoms with van der Waals surface area (Å²) in [6, 6.07) is 8.78. The third-order valence-corrected chi connectivity index (χ3v) is 3.54. The van der Waals surface area contributed by atoms with Crippen LogP contribution < -0.4 is 10.1 Å². The van der Waals surface area contributed by atoms with E-state index in [1.165, 1.54) is 0 Å². The van der Waals surface area contributed by atoms with Crippen molar-refractivity contribution in [1.82, 2.24) is 5.32 Å².